The van der Waals surface area contributed by atoms with Crippen LogP contribution in [0.25, 0.3) is 0 Å². The van der Waals surface area contributed by atoms with Crippen molar-refractivity contribution in [2.75, 3.05) is 30.9 Å². The summed E-state index contributed by atoms with van der Waals surface area (Å²) in [4.78, 5) is 39.0. The summed E-state index contributed by atoms with van der Waals surface area (Å²) in [5.74, 6) is -2.48. The topological polar surface area (TPSA) is 81.8 Å². The monoisotopic (exact) mass is 328 g/mol. The zero-order chi connectivity index (χ0) is 17.9. The molecular weight excluding hydrogens is 308 g/mol. The van der Waals surface area contributed by atoms with Crippen LogP contribution in [0.2, 0.25) is 0 Å². The lowest BCUT2D eigenvalue weighted by Crippen LogP contribution is -2.58. The summed E-state index contributed by atoms with van der Waals surface area (Å²) in [6, 6.07) is 6.68. The van der Waals surface area contributed by atoms with E-state index in [1.165, 1.54) is 6.08 Å². The fraction of sp³-hybridized carbons (Fsp3) is 0.235. The van der Waals surface area contributed by atoms with E-state index in [0.29, 0.717) is 5.69 Å². The number of anilines is 2. The Morgan fingerprint density at radius 2 is 1.92 bits per heavy atom. The Balaban J connectivity index is 2.15. The molecule has 1 heterocycles. The summed E-state index contributed by atoms with van der Waals surface area (Å²) in [6.45, 7) is 7.31. The van der Waals surface area contributed by atoms with Gasteiger partial charge in [0.15, 0.2) is 5.92 Å². The average molecular weight is 328 g/mol. The molecule has 1 saturated heterocycles. The standard InChI is InChI=1S/C17H20N4O3/c1-5-10-21-16(23)14(15(22)19-17(21)24)11(2)18-12-6-8-13(9-7-12)20(3)4/h5-9,14,18H,1-2,10H2,3-4H3,(H,19,22,24)/t14-/m0/s1. The van der Waals surface area contributed by atoms with Crippen molar-refractivity contribution < 1.29 is 14.4 Å². The van der Waals surface area contributed by atoms with E-state index in [-0.39, 0.29) is 12.2 Å². The lowest BCUT2D eigenvalue weighted by Gasteiger charge is -2.30. The van der Waals surface area contributed by atoms with Gasteiger partial charge in [0.05, 0.1) is 0 Å². The summed E-state index contributed by atoms with van der Waals surface area (Å²) >= 11 is 0. The van der Waals surface area contributed by atoms with E-state index < -0.39 is 23.8 Å². The SMILES string of the molecule is C=CCN1C(=O)NC(=O)[C@H](C(=C)Nc2ccc(N(C)C)cc2)C1=O. The molecule has 1 fully saturated rings. The number of nitrogens with zero attached hydrogens (tertiary/aromatic N) is 2. The van der Waals surface area contributed by atoms with Crippen LogP contribution in [0.15, 0.2) is 49.2 Å². The molecule has 0 unspecified atom stereocenters. The number of carbonyl (C=O) groups excluding carboxylic acids is 3. The summed E-state index contributed by atoms with van der Waals surface area (Å²) in [7, 11) is 3.86. The van der Waals surface area contributed by atoms with Gasteiger partial charge in [-0.15, -0.1) is 6.58 Å². The molecule has 1 aliphatic heterocycles. The number of imide groups is 2. The number of amides is 4. The number of hydrogen-bond donors (Lipinski definition) is 2. The minimum Gasteiger partial charge on any atom is -0.378 e. The van der Waals surface area contributed by atoms with Crippen molar-refractivity contribution >= 4 is 29.2 Å². The van der Waals surface area contributed by atoms with Crippen LogP contribution in [0, 0.1) is 5.92 Å². The van der Waals surface area contributed by atoms with Gasteiger partial charge in [-0.25, -0.2) is 4.79 Å². The highest BCUT2D eigenvalue weighted by molar-refractivity contribution is 6.18. The smallest absolute Gasteiger partial charge is 0.331 e. The van der Waals surface area contributed by atoms with Crippen molar-refractivity contribution in [1.82, 2.24) is 10.2 Å². The van der Waals surface area contributed by atoms with Gasteiger partial charge in [-0.1, -0.05) is 12.7 Å². The minimum atomic E-state index is -1.17. The van der Waals surface area contributed by atoms with E-state index in [2.05, 4.69) is 23.8 Å². The molecule has 126 valence electrons. The number of urea groups is 1. The molecule has 0 aromatic heterocycles. The Morgan fingerprint density at radius 3 is 2.46 bits per heavy atom. The maximum Gasteiger partial charge on any atom is 0.331 e. The molecule has 7 nitrogen and oxygen atoms in total. The molecule has 2 N–H and O–H groups in total. The molecule has 24 heavy (non-hydrogen) atoms. The van der Waals surface area contributed by atoms with E-state index in [0.717, 1.165) is 10.6 Å². The predicted octanol–water partition coefficient (Wildman–Crippen LogP) is 1.56. The van der Waals surface area contributed by atoms with Crippen LogP contribution >= 0.6 is 0 Å². The lowest BCUT2D eigenvalue weighted by molar-refractivity contribution is -0.140. The van der Waals surface area contributed by atoms with Crippen molar-refractivity contribution in [3.8, 4) is 0 Å². The average Bonchev–Trinajstić information content (AvgIpc) is 2.51. The van der Waals surface area contributed by atoms with Crippen LogP contribution in [0.3, 0.4) is 0 Å². The Hall–Kier alpha value is -3.09. The van der Waals surface area contributed by atoms with Gasteiger partial charge >= 0.3 is 6.03 Å². The summed E-state index contributed by atoms with van der Waals surface area (Å²) in [5, 5.41) is 5.11. The molecule has 4 amide bonds. The summed E-state index contributed by atoms with van der Waals surface area (Å²) < 4.78 is 0. The molecule has 1 aromatic carbocycles. The molecule has 1 aromatic rings. The molecule has 1 aliphatic rings. The second-order valence-corrected chi connectivity index (χ2v) is 5.56. The molecule has 0 spiro atoms. The number of nitrogens with one attached hydrogen (secondary N) is 2. The highest BCUT2D eigenvalue weighted by atomic mass is 16.2. The molecular formula is C17H20N4O3. The van der Waals surface area contributed by atoms with Crippen molar-refractivity contribution in [3.05, 3.63) is 49.2 Å². The summed E-state index contributed by atoms with van der Waals surface area (Å²) in [5.41, 5.74) is 1.91. The Morgan fingerprint density at radius 1 is 1.29 bits per heavy atom. The zero-order valence-corrected chi connectivity index (χ0v) is 13.7. The maximum absolute atomic E-state index is 12.4. The van der Waals surface area contributed by atoms with Gasteiger partial charge in [0.1, 0.15) is 0 Å². The first-order chi connectivity index (χ1) is 11.3. The largest absolute Gasteiger partial charge is 0.378 e. The quantitative estimate of drug-likeness (QED) is 0.612. The number of carbonyl (C=O) groups is 3. The molecule has 0 radical (unpaired) electrons. The fourth-order valence-electron chi connectivity index (χ4n) is 2.32. The molecule has 0 bridgehead atoms. The Bertz CT molecular complexity index is 694. The minimum absolute atomic E-state index is 0.0270. The van der Waals surface area contributed by atoms with Gasteiger partial charge in [0, 0.05) is 37.7 Å². The molecule has 1 atom stereocenters. The number of hydrogen-bond acceptors (Lipinski definition) is 5. The highest BCUT2D eigenvalue weighted by Gasteiger charge is 2.41. The second-order valence-electron chi connectivity index (χ2n) is 5.56. The number of benzene rings is 1. The molecule has 7 heteroatoms. The molecule has 0 saturated carbocycles. The van der Waals surface area contributed by atoms with Crippen molar-refractivity contribution in [2.45, 2.75) is 0 Å². The van der Waals surface area contributed by atoms with Gasteiger partial charge in [-0.3, -0.25) is 19.8 Å². The third-order valence-corrected chi connectivity index (χ3v) is 3.60. The van der Waals surface area contributed by atoms with Crippen LogP contribution in [0.5, 0.6) is 0 Å². The summed E-state index contributed by atoms with van der Waals surface area (Å²) in [6.07, 6.45) is 1.42. The van der Waals surface area contributed by atoms with E-state index in [4.69, 9.17) is 0 Å². The molecule has 2 rings (SSSR count). The van der Waals surface area contributed by atoms with Crippen LogP contribution in [-0.2, 0) is 9.59 Å². The van der Waals surface area contributed by atoms with Crippen LogP contribution in [0.1, 0.15) is 0 Å². The van der Waals surface area contributed by atoms with Crippen molar-refractivity contribution in [2.24, 2.45) is 5.92 Å². The number of rotatable bonds is 6. The van der Waals surface area contributed by atoms with Crippen molar-refractivity contribution in [1.29, 1.82) is 0 Å². The Kier molecular flexibility index (Phi) is 5.03. The van der Waals surface area contributed by atoms with Gasteiger partial charge in [0.25, 0.3) is 0 Å². The Labute approximate surface area is 140 Å². The first-order valence-electron chi connectivity index (χ1n) is 7.35. The van der Waals surface area contributed by atoms with E-state index in [1.807, 2.05) is 43.3 Å². The lowest BCUT2D eigenvalue weighted by atomic mass is 10.0. The third-order valence-electron chi connectivity index (χ3n) is 3.60. The van der Waals surface area contributed by atoms with Crippen LogP contribution in [0.4, 0.5) is 16.2 Å². The third kappa shape index (κ3) is 3.45. The first-order valence-corrected chi connectivity index (χ1v) is 7.35. The number of barbiturate groups is 1. The predicted molar refractivity (Wildman–Crippen MR) is 92.5 cm³/mol. The fourth-order valence-corrected chi connectivity index (χ4v) is 2.32. The van der Waals surface area contributed by atoms with Crippen LogP contribution in [-0.4, -0.2) is 43.4 Å². The van der Waals surface area contributed by atoms with Gasteiger partial charge in [-0.2, -0.15) is 0 Å². The second kappa shape index (κ2) is 6.99. The van der Waals surface area contributed by atoms with E-state index in [1.54, 1.807) is 0 Å². The van der Waals surface area contributed by atoms with Gasteiger partial charge in [0.2, 0.25) is 11.8 Å². The van der Waals surface area contributed by atoms with E-state index >= 15 is 0 Å². The van der Waals surface area contributed by atoms with Crippen molar-refractivity contribution in [3.63, 3.8) is 0 Å². The highest BCUT2D eigenvalue weighted by Crippen LogP contribution is 2.22. The van der Waals surface area contributed by atoms with Gasteiger partial charge in [-0.05, 0) is 24.3 Å². The van der Waals surface area contributed by atoms with Crippen LogP contribution < -0.4 is 15.5 Å². The zero-order valence-electron chi connectivity index (χ0n) is 13.7. The molecule has 0 aliphatic carbocycles. The van der Waals surface area contributed by atoms with E-state index in [9.17, 15) is 14.4 Å². The maximum atomic E-state index is 12.4. The first kappa shape index (κ1) is 17.3. The normalized spacial score (nSPS) is 17.3. The van der Waals surface area contributed by atoms with Gasteiger partial charge < -0.3 is 10.2 Å².